The number of carbonyl (C=O) groups excluding carboxylic acids is 2. The maximum absolute atomic E-state index is 12.7. The van der Waals surface area contributed by atoms with E-state index in [1.54, 1.807) is 55.5 Å². The standard InChI is InChI=1S/C19H19NO5/c1-14(19(22)25-13-7-12-20(23)24)16-10-5-6-11-17(16)18(21)15-8-3-2-4-9-15/h2-6,8-11,14H,7,12-13H2,1H3. The number of carbonyl (C=O) groups is 2. The van der Waals surface area contributed by atoms with Crippen LogP contribution in [0.25, 0.3) is 0 Å². The van der Waals surface area contributed by atoms with Crippen LogP contribution in [0.2, 0.25) is 0 Å². The van der Waals surface area contributed by atoms with Gasteiger partial charge in [-0.25, -0.2) is 0 Å². The van der Waals surface area contributed by atoms with Crippen LogP contribution >= 0.6 is 0 Å². The average Bonchev–Trinajstić information content (AvgIpc) is 2.64. The van der Waals surface area contributed by atoms with Crippen molar-refractivity contribution >= 4 is 11.8 Å². The van der Waals surface area contributed by atoms with Gasteiger partial charge in [0.1, 0.15) is 0 Å². The Morgan fingerprint density at radius 3 is 2.40 bits per heavy atom. The molecule has 0 aliphatic rings. The molecule has 1 unspecified atom stereocenters. The number of ketones is 1. The highest BCUT2D eigenvalue weighted by atomic mass is 16.6. The molecule has 1 atom stereocenters. The summed E-state index contributed by atoms with van der Waals surface area (Å²) in [5, 5.41) is 10.3. The van der Waals surface area contributed by atoms with Gasteiger partial charge in [0.25, 0.3) is 0 Å². The highest BCUT2D eigenvalue weighted by Gasteiger charge is 2.23. The van der Waals surface area contributed by atoms with Crippen LogP contribution in [0, 0.1) is 10.1 Å². The van der Waals surface area contributed by atoms with E-state index < -0.39 is 16.8 Å². The molecule has 0 amide bonds. The Balaban J connectivity index is 2.12. The van der Waals surface area contributed by atoms with Crippen molar-refractivity contribution in [3.8, 4) is 0 Å². The van der Waals surface area contributed by atoms with Crippen LogP contribution in [-0.2, 0) is 9.53 Å². The monoisotopic (exact) mass is 341 g/mol. The quantitative estimate of drug-likeness (QED) is 0.242. The van der Waals surface area contributed by atoms with E-state index in [9.17, 15) is 19.7 Å². The van der Waals surface area contributed by atoms with Crippen LogP contribution in [0.4, 0.5) is 0 Å². The number of nitrogens with zero attached hydrogens (tertiary/aromatic N) is 1. The molecule has 25 heavy (non-hydrogen) atoms. The molecule has 0 spiro atoms. The van der Waals surface area contributed by atoms with Gasteiger partial charge in [0.05, 0.1) is 12.5 Å². The maximum atomic E-state index is 12.7. The van der Waals surface area contributed by atoms with Gasteiger partial charge in [0, 0.05) is 22.5 Å². The first-order valence-electron chi connectivity index (χ1n) is 7.98. The summed E-state index contributed by atoms with van der Waals surface area (Å²) >= 11 is 0. The van der Waals surface area contributed by atoms with Crippen LogP contribution < -0.4 is 0 Å². The third kappa shape index (κ3) is 4.97. The van der Waals surface area contributed by atoms with E-state index in [1.807, 2.05) is 6.07 Å². The molecule has 0 heterocycles. The predicted molar refractivity (Wildman–Crippen MR) is 92.2 cm³/mol. The van der Waals surface area contributed by atoms with Gasteiger partial charge in [-0.05, 0) is 12.5 Å². The number of nitro groups is 1. The zero-order valence-electron chi connectivity index (χ0n) is 13.9. The van der Waals surface area contributed by atoms with Crippen molar-refractivity contribution in [2.75, 3.05) is 13.2 Å². The lowest BCUT2D eigenvalue weighted by Gasteiger charge is -2.15. The van der Waals surface area contributed by atoms with E-state index in [-0.39, 0.29) is 25.4 Å². The van der Waals surface area contributed by atoms with Gasteiger partial charge < -0.3 is 4.74 Å². The molecule has 0 aromatic heterocycles. The van der Waals surface area contributed by atoms with E-state index in [0.29, 0.717) is 16.7 Å². The Hall–Kier alpha value is -3.02. The highest BCUT2D eigenvalue weighted by molar-refractivity contribution is 6.10. The minimum Gasteiger partial charge on any atom is -0.465 e. The lowest BCUT2D eigenvalue weighted by molar-refractivity contribution is -0.480. The fourth-order valence-corrected chi connectivity index (χ4v) is 2.44. The van der Waals surface area contributed by atoms with Gasteiger partial charge in [-0.15, -0.1) is 0 Å². The fraction of sp³-hybridized carbons (Fsp3) is 0.263. The zero-order valence-corrected chi connectivity index (χ0v) is 13.9. The molecule has 2 aromatic rings. The number of benzene rings is 2. The Morgan fingerprint density at radius 1 is 1.08 bits per heavy atom. The summed E-state index contributed by atoms with van der Waals surface area (Å²) in [4.78, 5) is 34.7. The normalized spacial score (nSPS) is 11.6. The summed E-state index contributed by atoms with van der Waals surface area (Å²) in [5.74, 6) is -1.31. The van der Waals surface area contributed by atoms with Crippen molar-refractivity contribution in [3.63, 3.8) is 0 Å². The maximum Gasteiger partial charge on any atom is 0.313 e. The summed E-state index contributed by atoms with van der Waals surface area (Å²) in [6.45, 7) is 1.40. The predicted octanol–water partition coefficient (Wildman–Crippen LogP) is 3.23. The summed E-state index contributed by atoms with van der Waals surface area (Å²) in [6, 6.07) is 15.7. The second-order valence-electron chi connectivity index (χ2n) is 5.58. The zero-order chi connectivity index (χ0) is 18.2. The number of esters is 1. The Kier molecular flexibility index (Phi) is 6.39. The van der Waals surface area contributed by atoms with Gasteiger partial charge in [-0.1, -0.05) is 54.6 Å². The Bertz CT molecular complexity index is 757. The summed E-state index contributed by atoms with van der Waals surface area (Å²) < 4.78 is 5.09. The molecule has 0 saturated heterocycles. The molecular formula is C19H19NO5. The van der Waals surface area contributed by atoms with Crippen LogP contribution in [-0.4, -0.2) is 29.8 Å². The van der Waals surface area contributed by atoms with Crippen molar-refractivity contribution in [2.24, 2.45) is 0 Å². The molecule has 2 aromatic carbocycles. The molecule has 0 bridgehead atoms. The summed E-state index contributed by atoms with van der Waals surface area (Å²) in [7, 11) is 0. The average molecular weight is 341 g/mol. The van der Waals surface area contributed by atoms with Crippen LogP contribution in [0.5, 0.6) is 0 Å². The molecule has 2 rings (SSSR count). The highest BCUT2D eigenvalue weighted by Crippen LogP contribution is 2.23. The molecular weight excluding hydrogens is 322 g/mol. The molecule has 0 fully saturated rings. The molecule has 6 heteroatoms. The van der Waals surface area contributed by atoms with Gasteiger partial charge in [-0.3, -0.25) is 19.7 Å². The number of hydrogen-bond donors (Lipinski definition) is 0. The Labute approximate surface area is 145 Å². The van der Waals surface area contributed by atoms with Crippen molar-refractivity contribution < 1.29 is 19.2 Å². The van der Waals surface area contributed by atoms with Crippen LogP contribution in [0.1, 0.15) is 40.7 Å². The third-order valence-electron chi connectivity index (χ3n) is 3.79. The molecule has 130 valence electrons. The molecule has 0 N–H and O–H groups in total. The lowest BCUT2D eigenvalue weighted by atomic mass is 9.91. The number of ether oxygens (including phenoxy) is 1. The van der Waals surface area contributed by atoms with Crippen molar-refractivity contribution in [2.45, 2.75) is 19.3 Å². The first kappa shape index (κ1) is 18.3. The van der Waals surface area contributed by atoms with E-state index in [4.69, 9.17) is 4.74 Å². The summed E-state index contributed by atoms with van der Waals surface area (Å²) in [6.07, 6.45) is 0.163. The topological polar surface area (TPSA) is 86.5 Å². The van der Waals surface area contributed by atoms with Crippen molar-refractivity contribution in [3.05, 3.63) is 81.4 Å². The van der Waals surface area contributed by atoms with E-state index in [0.717, 1.165) is 0 Å². The molecule has 6 nitrogen and oxygen atoms in total. The smallest absolute Gasteiger partial charge is 0.313 e. The van der Waals surface area contributed by atoms with Gasteiger partial charge >= 0.3 is 5.97 Å². The minimum absolute atomic E-state index is 0.0149. The first-order valence-corrected chi connectivity index (χ1v) is 7.98. The van der Waals surface area contributed by atoms with E-state index in [2.05, 4.69) is 0 Å². The van der Waals surface area contributed by atoms with Gasteiger partial charge in [0.15, 0.2) is 5.78 Å². The van der Waals surface area contributed by atoms with Crippen LogP contribution in [0.3, 0.4) is 0 Å². The van der Waals surface area contributed by atoms with Gasteiger partial charge in [0.2, 0.25) is 6.54 Å². The second kappa shape index (κ2) is 8.73. The molecule has 0 radical (unpaired) electrons. The molecule has 0 aliphatic heterocycles. The minimum atomic E-state index is -0.639. The number of rotatable bonds is 8. The molecule has 0 aliphatic carbocycles. The van der Waals surface area contributed by atoms with E-state index in [1.165, 1.54) is 0 Å². The lowest BCUT2D eigenvalue weighted by Crippen LogP contribution is -2.18. The van der Waals surface area contributed by atoms with Gasteiger partial charge in [-0.2, -0.15) is 0 Å². The second-order valence-corrected chi connectivity index (χ2v) is 5.58. The van der Waals surface area contributed by atoms with Crippen LogP contribution in [0.15, 0.2) is 54.6 Å². The first-order chi connectivity index (χ1) is 12.0. The van der Waals surface area contributed by atoms with Crippen molar-refractivity contribution in [1.82, 2.24) is 0 Å². The number of hydrogen-bond acceptors (Lipinski definition) is 5. The van der Waals surface area contributed by atoms with Crippen molar-refractivity contribution in [1.29, 1.82) is 0 Å². The SMILES string of the molecule is CC(C(=O)OCCC[N+](=O)[O-])c1ccccc1C(=O)c1ccccc1. The summed E-state index contributed by atoms with van der Waals surface area (Å²) in [5.41, 5.74) is 1.57. The Morgan fingerprint density at radius 2 is 1.72 bits per heavy atom. The van der Waals surface area contributed by atoms with E-state index >= 15 is 0 Å². The largest absolute Gasteiger partial charge is 0.465 e. The fourth-order valence-electron chi connectivity index (χ4n) is 2.44. The third-order valence-corrected chi connectivity index (χ3v) is 3.79. The molecule has 0 saturated carbocycles.